The first-order chi connectivity index (χ1) is 11.0. The zero-order valence-electron chi connectivity index (χ0n) is 13.9. The number of nitrogens with zero attached hydrogens (tertiary/aromatic N) is 1. The van der Waals surface area contributed by atoms with Crippen LogP contribution in [0.1, 0.15) is 42.0 Å². The third-order valence-electron chi connectivity index (χ3n) is 3.82. The van der Waals surface area contributed by atoms with E-state index in [2.05, 4.69) is 19.9 Å². The number of benzene rings is 2. The molecule has 0 aliphatic heterocycles. The molecule has 0 amide bonds. The molecule has 0 radical (unpaired) electrons. The van der Waals surface area contributed by atoms with Gasteiger partial charge in [-0.3, -0.25) is 0 Å². The molecule has 0 aliphatic carbocycles. The van der Waals surface area contributed by atoms with Crippen LogP contribution in [0.4, 0.5) is 4.39 Å². The van der Waals surface area contributed by atoms with Gasteiger partial charge in [-0.1, -0.05) is 32.0 Å². The van der Waals surface area contributed by atoms with Crippen molar-refractivity contribution < 1.29 is 9.13 Å². The lowest BCUT2D eigenvalue weighted by Gasteiger charge is -2.15. The van der Waals surface area contributed by atoms with Gasteiger partial charge in [0.1, 0.15) is 11.6 Å². The number of ether oxygens (including phenoxy) is 1. The number of aryl methyl sites for hydroxylation is 1. The molecule has 0 bridgehead atoms. The molecule has 0 fully saturated rings. The van der Waals surface area contributed by atoms with E-state index < -0.39 is 5.82 Å². The van der Waals surface area contributed by atoms with Gasteiger partial charge in [-0.25, -0.2) is 4.39 Å². The quantitative estimate of drug-likeness (QED) is 0.565. The fourth-order valence-corrected chi connectivity index (χ4v) is 2.50. The largest absolute Gasteiger partial charge is 0.496 e. The van der Waals surface area contributed by atoms with Gasteiger partial charge in [0.2, 0.25) is 0 Å². The second-order valence-electron chi connectivity index (χ2n) is 5.76. The molecule has 2 aromatic carbocycles. The van der Waals surface area contributed by atoms with Gasteiger partial charge in [0.15, 0.2) is 0 Å². The Kier molecular flexibility index (Phi) is 5.18. The van der Waals surface area contributed by atoms with E-state index in [4.69, 9.17) is 4.74 Å². The van der Waals surface area contributed by atoms with Crippen molar-refractivity contribution in [3.05, 3.63) is 64.5 Å². The number of halogens is 1. The Balaban J connectivity index is 2.59. The molecule has 3 heteroatoms. The van der Waals surface area contributed by atoms with Gasteiger partial charge in [0.05, 0.1) is 18.8 Å². The Morgan fingerprint density at radius 3 is 2.52 bits per heavy atom. The highest BCUT2D eigenvalue weighted by Crippen LogP contribution is 2.31. The lowest BCUT2D eigenvalue weighted by molar-refractivity contribution is 0.407. The van der Waals surface area contributed by atoms with Crippen molar-refractivity contribution in [1.82, 2.24) is 0 Å². The Hall–Kier alpha value is -2.60. The fourth-order valence-electron chi connectivity index (χ4n) is 2.50. The number of rotatable bonds is 4. The Morgan fingerprint density at radius 1 is 1.26 bits per heavy atom. The highest BCUT2D eigenvalue weighted by molar-refractivity contribution is 5.90. The second kappa shape index (κ2) is 7.11. The highest BCUT2D eigenvalue weighted by Gasteiger charge is 2.12. The number of nitriles is 1. The minimum absolute atomic E-state index is 0.289. The van der Waals surface area contributed by atoms with Crippen LogP contribution in [0.25, 0.3) is 11.6 Å². The fraction of sp³-hybridized carbons (Fsp3) is 0.250. The van der Waals surface area contributed by atoms with Crippen LogP contribution in [0.2, 0.25) is 0 Å². The van der Waals surface area contributed by atoms with Crippen molar-refractivity contribution in [3.63, 3.8) is 0 Å². The first-order valence-electron chi connectivity index (χ1n) is 7.53. The topological polar surface area (TPSA) is 33.0 Å². The van der Waals surface area contributed by atoms with Crippen molar-refractivity contribution in [2.24, 2.45) is 0 Å². The van der Waals surface area contributed by atoms with E-state index in [1.807, 2.05) is 19.1 Å². The maximum absolute atomic E-state index is 13.9. The molecule has 0 unspecified atom stereocenters. The average molecular weight is 309 g/mol. The number of allylic oxidation sites excluding steroid dienone is 1. The summed E-state index contributed by atoms with van der Waals surface area (Å²) < 4.78 is 19.4. The van der Waals surface area contributed by atoms with E-state index in [1.165, 1.54) is 6.07 Å². The summed E-state index contributed by atoms with van der Waals surface area (Å²) in [6, 6.07) is 12.4. The molecule has 0 heterocycles. The Bertz CT molecular complexity index is 785. The van der Waals surface area contributed by atoms with E-state index in [0.29, 0.717) is 11.1 Å². The van der Waals surface area contributed by atoms with Crippen LogP contribution in [0.5, 0.6) is 5.75 Å². The Labute approximate surface area is 136 Å². The van der Waals surface area contributed by atoms with Crippen molar-refractivity contribution in [3.8, 4) is 11.8 Å². The third-order valence-corrected chi connectivity index (χ3v) is 3.82. The SMILES string of the molecule is COc1cc(C)c(/C=C(/C#N)c2ccccc2F)cc1C(C)C. The third kappa shape index (κ3) is 3.60. The predicted octanol–water partition coefficient (Wildman–Crippen LogP) is 5.33. The molecule has 2 aromatic rings. The first-order valence-corrected chi connectivity index (χ1v) is 7.53. The number of hydrogen-bond donors (Lipinski definition) is 0. The highest BCUT2D eigenvalue weighted by atomic mass is 19.1. The normalized spacial score (nSPS) is 11.4. The zero-order chi connectivity index (χ0) is 17.0. The van der Waals surface area contributed by atoms with Gasteiger partial charge in [-0.15, -0.1) is 0 Å². The van der Waals surface area contributed by atoms with Gasteiger partial charge in [-0.2, -0.15) is 5.26 Å². The van der Waals surface area contributed by atoms with E-state index in [0.717, 1.165) is 22.4 Å². The van der Waals surface area contributed by atoms with Crippen LogP contribution in [0.3, 0.4) is 0 Å². The van der Waals surface area contributed by atoms with Crippen LogP contribution in [0.15, 0.2) is 36.4 Å². The molecule has 0 aromatic heterocycles. The standard InChI is InChI=1S/C20H20FNO/c1-13(2)18-11-15(14(3)9-20(18)23-4)10-16(12-22)17-7-5-6-8-19(17)21/h5-11,13H,1-4H3/b16-10-. The predicted molar refractivity (Wildman–Crippen MR) is 91.7 cm³/mol. The minimum Gasteiger partial charge on any atom is -0.496 e. The molecule has 2 nitrogen and oxygen atoms in total. The van der Waals surface area contributed by atoms with E-state index >= 15 is 0 Å². The summed E-state index contributed by atoms with van der Waals surface area (Å²) in [5.74, 6) is 0.728. The summed E-state index contributed by atoms with van der Waals surface area (Å²) in [4.78, 5) is 0. The minimum atomic E-state index is -0.393. The van der Waals surface area contributed by atoms with Crippen molar-refractivity contribution in [2.75, 3.05) is 7.11 Å². The molecular formula is C20H20FNO. The Morgan fingerprint density at radius 2 is 1.96 bits per heavy atom. The summed E-state index contributed by atoms with van der Waals surface area (Å²) in [6.07, 6.45) is 1.74. The summed E-state index contributed by atoms with van der Waals surface area (Å²) in [7, 11) is 1.65. The van der Waals surface area contributed by atoms with Crippen molar-refractivity contribution in [2.45, 2.75) is 26.7 Å². The molecule has 118 valence electrons. The van der Waals surface area contributed by atoms with Gasteiger partial charge < -0.3 is 4.74 Å². The van der Waals surface area contributed by atoms with Crippen LogP contribution >= 0.6 is 0 Å². The molecule has 0 aliphatic rings. The average Bonchev–Trinajstić information content (AvgIpc) is 2.54. The van der Waals surface area contributed by atoms with E-state index in [-0.39, 0.29) is 5.92 Å². The smallest absolute Gasteiger partial charge is 0.131 e. The van der Waals surface area contributed by atoms with Crippen molar-refractivity contribution in [1.29, 1.82) is 5.26 Å². The van der Waals surface area contributed by atoms with E-state index in [9.17, 15) is 9.65 Å². The number of hydrogen-bond acceptors (Lipinski definition) is 2. The number of methoxy groups -OCH3 is 1. The molecule has 0 atom stereocenters. The van der Waals surface area contributed by atoms with Gasteiger partial charge >= 0.3 is 0 Å². The molecule has 0 saturated carbocycles. The molecule has 0 N–H and O–H groups in total. The van der Waals surface area contributed by atoms with Gasteiger partial charge in [0.25, 0.3) is 0 Å². The molecule has 0 spiro atoms. The lowest BCUT2D eigenvalue weighted by Crippen LogP contribution is -1.97. The zero-order valence-corrected chi connectivity index (χ0v) is 13.9. The lowest BCUT2D eigenvalue weighted by atomic mass is 9.94. The maximum atomic E-state index is 13.9. The van der Waals surface area contributed by atoms with Crippen molar-refractivity contribution >= 4 is 11.6 Å². The molecule has 23 heavy (non-hydrogen) atoms. The van der Waals surface area contributed by atoms with Crippen LogP contribution < -0.4 is 4.74 Å². The monoisotopic (exact) mass is 309 g/mol. The molecule has 0 saturated heterocycles. The maximum Gasteiger partial charge on any atom is 0.131 e. The summed E-state index contributed by atoms with van der Waals surface area (Å²) in [5.41, 5.74) is 3.57. The summed E-state index contributed by atoms with van der Waals surface area (Å²) >= 11 is 0. The second-order valence-corrected chi connectivity index (χ2v) is 5.76. The van der Waals surface area contributed by atoms with Crippen LogP contribution in [-0.2, 0) is 0 Å². The van der Waals surface area contributed by atoms with Crippen LogP contribution in [0, 0.1) is 24.1 Å². The van der Waals surface area contributed by atoms with Gasteiger partial charge in [0, 0.05) is 5.56 Å². The molecule has 2 rings (SSSR count). The van der Waals surface area contributed by atoms with E-state index in [1.54, 1.807) is 31.4 Å². The summed E-state index contributed by atoms with van der Waals surface area (Å²) in [6.45, 7) is 6.13. The first kappa shape index (κ1) is 16.8. The van der Waals surface area contributed by atoms with Gasteiger partial charge in [-0.05, 0) is 53.8 Å². The molecular weight excluding hydrogens is 289 g/mol. The summed E-state index contributed by atoms with van der Waals surface area (Å²) in [5, 5.41) is 9.43. The van der Waals surface area contributed by atoms with Crippen LogP contribution in [-0.4, -0.2) is 7.11 Å².